The molecule has 0 aliphatic carbocycles. The Bertz CT molecular complexity index is 464. The molecule has 88 valence electrons. The fourth-order valence-corrected chi connectivity index (χ4v) is 3.10. The van der Waals surface area contributed by atoms with Crippen molar-refractivity contribution in [3.63, 3.8) is 0 Å². The molecule has 0 amide bonds. The number of hydrogen-bond acceptors (Lipinski definition) is 3. The van der Waals surface area contributed by atoms with Crippen LogP contribution in [0.5, 0.6) is 0 Å². The molecule has 1 unspecified atom stereocenters. The first-order valence-electron chi connectivity index (χ1n) is 5.24. The minimum atomic E-state index is -3.69. The molecule has 1 heterocycles. The van der Waals surface area contributed by atoms with E-state index < -0.39 is 9.05 Å². The topological polar surface area (TPSA) is 43.4 Å². The van der Waals surface area contributed by atoms with Crippen LogP contribution in [-0.4, -0.2) is 15.0 Å². The van der Waals surface area contributed by atoms with Crippen molar-refractivity contribution in [2.75, 3.05) is 6.61 Å². The lowest BCUT2D eigenvalue weighted by Gasteiger charge is -2.24. The molecule has 1 aromatic carbocycles. The van der Waals surface area contributed by atoms with E-state index in [1.807, 2.05) is 0 Å². The summed E-state index contributed by atoms with van der Waals surface area (Å²) in [6.07, 6.45) is 2.80. The lowest BCUT2D eigenvalue weighted by Crippen LogP contribution is -2.13. The van der Waals surface area contributed by atoms with Gasteiger partial charge in [-0.1, -0.05) is 18.2 Å². The van der Waals surface area contributed by atoms with E-state index in [0.717, 1.165) is 19.3 Å². The molecule has 2 rings (SSSR count). The Morgan fingerprint density at radius 1 is 1.25 bits per heavy atom. The van der Waals surface area contributed by atoms with Crippen LogP contribution in [-0.2, 0) is 13.8 Å². The largest absolute Gasteiger partial charge is 0.373 e. The van der Waals surface area contributed by atoms with Crippen molar-refractivity contribution in [2.24, 2.45) is 0 Å². The molecule has 1 aliphatic heterocycles. The summed E-state index contributed by atoms with van der Waals surface area (Å²) >= 11 is 0. The summed E-state index contributed by atoms with van der Waals surface area (Å²) in [6, 6.07) is 6.77. The molecule has 1 aliphatic rings. The quantitative estimate of drug-likeness (QED) is 0.768. The second-order valence-corrected chi connectivity index (χ2v) is 6.37. The molecule has 5 heteroatoms. The predicted molar refractivity (Wildman–Crippen MR) is 62.0 cm³/mol. The summed E-state index contributed by atoms with van der Waals surface area (Å²) in [5.41, 5.74) is 0.678. The zero-order chi connectivity index (χ0) is 11.6. The molecular weight excluding hydrogens is 248 g/mol. The summed E-state index contributed by atoms with van der Waals surface area (Å²) < 4.78 is 28.4. The van der Waals surface area contributed by atoms with Crippen LogP contribution in [0.15, 0.2) is 29.2 Å². The first-order valence-corrected chi connectivity index (χ1v) is 7.55. The maximum atomic E-state index is 11.4. The van der Waals surface area contributed by atoms with E-state index in [-0.39, 0.29) is 11.0 Å². The van der Waals surface area contributed by atoms with Gasteiger partial charge in [-0.3, -0.25) is 0 Å². The van der Waals surface area contributed by atoms with Crippen LogP contribution >= 0.6 is 10.7 Å². The van der Waals surface area contributed by atoms with Crippen LogP contribution in [0.25, 0.3) is 0 Å². The van der Waals surface area contributed by atoms with Gasteiger partial charge in [-0.25, -0.2) is 8.42 Å². The highest BCUT2D eigenvalue weighted by Gasteiger charge is 2.23. The SMILES string of the molecule is O=S(=O)(Cl)c1ccccc1C1CCCCO1. The third-order valence-electron chi connectivity index (χ3n) is 2.71. The summed E-state index contributed by atoms with van der Waals surface area (Å²) in [5, 5.41) is 0. The molecule has 1 aromatic rings. The molecule has 1 fully saturated rings. The summed E-state index contributed by atoms with van der Waals surface area (Å²) in [4.78, 5) is 0.170. The maximum Gasteiger partial charge on any atom is 0.261 e. The van der Waals surface area contributed by atoms with Gasteiger partial charge in [-0.15, -0.1) is 0 Å². The highest BCUT2D eigenvalue weighted by molar-refractivity contribution is 8.13. The molecule has 0 spiro atoms. The first-order chi connectivity index (χ1) is 7.59. The molecule has 0 radical (unpaired) electrons. The Hall–Kier alpha value is -0.580. The maximum absolute atomic E-state index is 11.4. The Labute approximate surface area is 99.8 Å². The zero-order valence-electron chi connectivity index (χ0n) is 8.73. The van der Waals surface area contributed by atoms with Gasteiger partial charge in [-0.2, -0.15) is 0 Å². The van der Waals surface area contributed by atoms with E-state index in [1.54, 1.807) is 18.2 Å². The zero-order valence-corrected chi connectivity index (χ0v) is 10.3. The van der Waals surface area contributed by atoms with Gasteiger partial charge in [-0.05, 0) is 25.3 Å². The van der Waals surface area contributed by atoms with Gasteiger partial charge in [0.25, 0.3) is 9.05 Å². The molecule has 1 saturated heterocycles. The second kappa shape index (κ2) is 4.73. The Morgan fingerprint density at radius 3 is 2.62 bits per heavy atom. The lowest BCUT2D eigenvalue weighted by molar-refractivity contribution is 0.0133. The molecule has 3 nitrogen and oxygen atoms in total. The van der Waals surface area contributed by atoms with Crippen molar-refractivity contribution >= 4 is 19.7 Å². The highest BCUT2D eigenvalue weighted by atomic mass is 35.7. The molecule has 1 atom stereocenters. The van der Waals surface area contributed by atoms with Crippen molar-refractivity contribution in [3.05, 3.63) is 29.8 Å². The summed E-state index contributed by atoms with van der Waals surface area (Å²) in [7, 11) is 1.71. The molecule has 0 bridgehead atoms. The number of hydrogen-bond donors (Lipinski definition) is 0. The second-order valence-electron chi connectivity index (χ2n) is 3.83. The fraction of sp³-hybridized carbons (Fsp3) is 0.455. The lowest BCUT2D eigenvalue weighted by atomic mass is 10.0. The minimum Gasteiger partial charge on any atom is -0.373 e. The normalized spacial score (nSPS) is 21.9. The van der Waals surface area contributed by atoms with E-state index in [1.165, 1.54) is 6.07 Å². The Kier molecular flexibility index (Phi) is 3.52. The van der Waals surface area contributed by atoms with Gasteiger partial charge >= 0.3 is 0 Å². The molecule has 0 N–H and O–H groups in total. The van der Waals surface area contributed by atoms with E-state index >= 15 is 0 Å². The summed E-state index contributed by atoms with van der Waals surface area (Å²) in [6.45, 7) is 0.682. The van der Waals surface area contributed by atoms with Gasteiger partial charge in [0.1, 0.15) is 0 Å². The number of benzene rings is 1. The molecule has 0 aromatic heterocycles. The molecule has 16 heavy (non-hydrogen) atoms. The number of rotatable bonds is 2. The fourth-order valence-electron chi connectivity index (χ4n) is 1.95. The predicted octanol–water partition coefficient (Wildman–Crippen LogP) is 2.86. The number of ether oxygens (including phenoxy) is 1. The van der Waals surface area contributed by atoms with E-state index in [2.05, 4.69) is 0 Å². The monoisotopic (exact) mass is 260 g/mol. The van der Waals surface area contributed by atoms with Crippen LogP contribution in [0.1, 0.15) is 30.9 Å². The van der Waals surface area contributed by atoms with Crippen LogP contribution in [0.4, 0.5) is 0 Å². The third kappa shape index (κ3) is 2.56. The van der Waals surface area contributed by atoms with Gasteiger partial charge in [0.05, 0.1) is 11.0 Å². The molecular formula is C11H13ClO3S. The van der Waals surface area contributed by atoms with Crippen molar-refractivity contribution in [1.82, 2.24) is 0 Å². The smallest absolute Gasteiger partial charge is 0.261 e. The average Bonchev–Trinajstić information content (AvgIpc) is 2.29. The van der Waals surface area contributed by atoms with E-state index in [4.69, 9.17) is 15.4 Å². The third-order valence-corrected chi connectivity index (χ3v) is 4.10. The van der Waals surface area contributed by atoms with E-state index in [9.17, 15) is 8.42 Å². The average molecular weight is 261 g/mol. The van der Waals surface area contributed by atoms with Crippen LogP contribution in [0, 0.1) is 0 Å². The van der Waals surface area contributed by atoms with Crippen LogP contribution in [0.3, 0.4) is 0 Å². The standard InChI is InChI=1S/C11H13ClO3S/c12-16(13,14)11-7-2-1-5-9(11)10-6-3-4-8-15-10/h1-2,5,7,10H,3-4,6,8H2. The van der Waals surface area contributed by atoms with Gasteiger partial charge in [0, 0.05) is 22.9 Å². The van der Waals surface area contributed by atoms with Crippen LogP contribution < -0.4 is 0 Å². The Morgan fingerprint density at radius 2 is 2.00 bits per heavy atom. The molecule has 0 saturated carbocycles. The minimum absolute atomic E-state index is 0.140. The Balaban J connectivity index is 2.40. The van der Waals surface area contributed by atoms with Crippen molar-refractivity contribution in [2.45, 2.75) is 30.3 Å². The van der Waals surface area contributed by atoms with Crippen molar-refractivity contribution in [3.8, 4) is 0 Å². The van der Waals surface area contributed by atoms with E-state index in [0.29, 0.717) is 12.2 Å². The summed E-state index contributed by atoms with van der Waals surface area (Å²) in [5.74, 6) is 0. The van der Waals surface area contributed by atoms with Gasteiger partial charge in [0.15, 0.2) is 0 Å². The van der Waals surface area contributed by atoms with Crippen LogP contribution in [0.2, 0.25) is 0 Å². The van der Waals surface area contributed by atoms with Gasteiger partial charge in [0.2, 0.25) is 0 Å². The van der Waals surface area contributed by atoms with Crippen molar-refractivity contribution in [1.29, 1.82) is 0 Å². The first kappa shape index (κ1) is 11.9. The number of halogens is 1. The van der Waals surface area contributed by atoms with Gasteiger partial charge < -0.3 is 4.74 Å². The highest BCUT2D eigenvalue weighted by Crippen LogP contribution is 2.33. The van der Waals surface area contributed by atoms with Crippen molar-refractivity contribution < 1.29 is 13.2 Å².